The predicted molar refractivity (Wildman–Crippen MR) is 142 cm³/mol. The van der Waals surface area contributed by atoms with E-state index in [1.54, 1.807) is 11.3 Å². The summed E-state index contributed by atoms with van der Waals surface area (Å²) in [6.07, 6.45) is 2.59. The summed E-state index contributed by atoms with van der Waals surface area (Å²) in [5, 5.41) is 6.50. The van der Waals surface area contributed by atoms with Gasteiger partial charge in [-0.15, -0.1) is 11.3 Å². The van der Waals surface area contributed by atoms with Crippen molar-refractivity contribution in [2.75, 3.05) is 28.2 Å². The Hall–Kier alpha value is -3.31. The van der Waals surface area contributed by atoms with Gasteiger partial charge in [-0.3, -0.25) is 0 Å². The van der Waals surface area contributed by atoms with Gasteiger partial charge in [0.15, 0.2) is 5.13 Å². The normalized spacial score (nSPS) is 13.5. The minimum absolute atomic E-state index is 0.365. The first-order valence-corrected chi connectivity index (χ1v) is 12.6. The number of hydrogen-bond donors (Lipinski definition) is 1. The molecule has 5 heteroatoms. The molecule has 0 spiro atoms. The van der Waals surface area contributed by atoms with E-state index < -0.39 is 0 Å². The highest BCUT2D eigenvalue weighted by Crippen LogP contribution is 2.32. The Labute approximate surface area is 200 Å². The number of hydrogen-bond acceptors (Lipinski definition) is 5. The minimum Gasteiger partial charge on any atom is -0.372 e. The Kier molecular flexibility index (Phi) is 6.31. The second-order valence-corrected chi connectivity index (χ2v) is 9.61. The van der Waals surface area contributed by atoms with Crippen molar-refractivity contribution in [3.63, 3.8) is 0 Å². The van der Waals surface area contributed by atoms with Gasteiger partial charge >= 0.3 is 0 Å². The van der Waals surface area contributed by atoms with E-state index in [0.29, 0.717) is 6.04 Å². The summed E-state index contributed by atoms with van der Waals surface area (Å²) in [6, 6.07) is 28.3. The summed E-state index contributed by atoms with van der Waals surface area (Å²) in [7, 11) is 0. The molecule has 3 aromatic carbocycles. The maximum absolute atomic E-state index is 4.82. The maximum Gasteiger partial charge on any atom is 0.187 e. The van der Waals surface area contributed by atoms with Crippen LogP contribution in [0.1, 0.15) is 26.7 Å². The van der Waals surface area contributed by atoms with Crippen molar-refractivity contribution in [3.8, 4) is 11.3 Å². The molecule has 1 aliphatic heterocycles. The molecule has 0 radical (unpaired) electrons. The molecule has 0 aliphatic carbocycles. The number of nitrogens with one attached hydrogen (secondary N) is 1. The zero-order valence-electron chi connectivity index (χ0n) is 19.2. The first-order valence-electron chi connectivity index (χ1n) is 11.7. The number of anilines is 5. The smallest absolute Gasteiger partial charge is 0.187 e. The van der Waals surface area contributed by atoms with Crippen molar-refractivity contribution in [1.29, 1.82) is 0 Å². The molecule has 2 heterocycles. The quantitative estimate of drug-likeness (QED) is 0.310. The van der Waals surface area contributed by atoms with Crippen LogP contribution >= 0.6 is 11.3 Å². The fourth-order valence-corrected chi connectivity index (χ4v) is 5.18. The van der Waals surface area contributed by atoms with E-state index in [4.69, 9.17) is 4.98 Å². The molecule has 0 saturated carbocycles. The number of para-hydroxylation sites is 1. The largest absolute Gasteiger partial charge is 0.372 e. The monoisotopic (exact) mass is 454 g/mol. The Balaban J connectivity index is 1.27. The lowest BCUT2D eigenvalue weighted by Gasteiger charge is -2.29. The highest BCUT2D eigenvalue weighted by Gasteiger charge is 2.14. The van der Waals surface area contributed by atoms with Crippen LogP contribution in [0.3, 0.4) is 0 Å². The topological polar surface area (TPSA) is 31.4 Å². The molecule has 0 amide bonds. The average molecular weight is 455 g/mol. The molecule has 5 rings (SSSR count). The van der Waals surface area contributed by atoms with Crippen LogP contribution < -0.4 is 15.1 Å². The summed E-state index contributed by atoms with van der Waals surface area (Å²) in [5.74, 6) is 0. The average Bonchev–Trinajstić information content (AvgIpc) is 3.54. The van der Waals surface area contributed by atoms with Gasteiger partial charge in [0.1, 0.15) is 0 Å². The SMILES string of the molecule is CC(C)N(c1ccccc1)c1ccc(Nc2nc(-c3ccc(N4CCCC4)cc3)cs2)cc1. The molecule has 4 nitrogen and oxygen atoms in total. The molecule has 1 aromatic heterocycles. The van der Waals surface area contributed by atoms with Crippen LogP contribution in [0.5, 0.6) is 0 Å². The summed E-state index contributed by atoms with van der Waals surface area (Å²) in [5.41, 5.74) is 6.92. The summed E-state index contributed by atoms with van der Waals surface area (Å²) < 4.78 is 0. The van der Waals surface area contributed by atoms with Gasteiger partial charge in [0.25, 0.3) is 0 Å². The van der Waals surface area contributed by atoms with Gasteiger partial charge in [-0.1, -0.05) is 30.3 Å². The van der Waals surface area contributed by atoms with E-state index in [0.717, 1.165) is 22.1 Å². The van der Waals surface area contributed by atoms with Crippen molar-refractivity contribution < 1.29 is 0 Å². The van der Waals surface area contributed by atoms with Crippen molar-refractivity contribution in [2.45, 2.75) is 32.7 Å². The van der Waals surface area contributed by atoms with Gasteiger partial charge in [-0.25, -0.2) is 4.98 Å². The van der Waals surface area contributed by atoms with E-state index >= 15 is 0 Å². The second-order valence-electron chi connectivity index (χ2n) is 8.75. The van der Waals surface area contributed by atoms with Crippen molar-refractivity contribution in [1.82, 2.24) is 4.98 Å². The van der Waals surface area contributed by atoms with Crippen molar-refractivity contribution in [2.24, 2.45) is 0 Å². The van der Waals surface area contributed by atoms with E-state index in [2.05, 4.69) is 113 Å². The predicted octanol–water partition coefficient (Wildman–Crippen LogP) is 7.70. The lowest BCUT2D eigenvalue weighted by molar-refractivity contribution is 0.789. The van der Waals surface area contributed by atoms with E-state index in [1.807, 2.05) is 0 Å². The van der Waals surface area contributed by atoms with E-state index in [1.165, 1.54) is 43.0 Å². The molecule has 168 valence electrons. The Morgan fingerprint density at radius 1 is 0.848 bits per heavy atom. The molecular weight excluding hydrogens is 424 g/mol. The highest BCUT2D eigenvalue weighted by atomic mass is 32.1. The number of rotatable bonds is 7. The minimum atomic E-state index is 0.365. The number of aromatic nitrogens is 1. The first-order chi connectivity index (χ1) is 16.2. The lowest BCUT2D eigenvalue weighted by Crippen LogP contribution is -2.25. The molecule has 0 unspecified atom stereocenters. The van der Waals surface area contributed by atoms with Crippen LogP contribution in [0.2, 0.25) is 0 Å². The lowest BCUT2D eigenvalue weighted by atomic mass is 10.1. The molecule has 0 bridgehead atoms. The fourth-order valence-electron chi connectivity index (χ4n) is 4.44. The highest BCUT2D eigenvalue weighted by molar-refractivity contribution is 7.14. The van der Waals surface area contributed by atoms with Gasteiger partial charge in [0, 0.05) is 52.8 Å². The standard InChI is InChI=1S/C28H30N4S/c1-21(2)32(25-8-4-3-5-9-25)26-16-12-23(13-17-26)29-28-30-27(20-33-28)22-10-14-24(15-11-22)31-18-6-7-19-31/h3-5,8-17,20-21H,6-7,18-19H2,1-2H3,(H,29,30). The molecule has 1 aliphatic rings. The van der Waals surface area contributed by atoms with Crippen LogP contribution in [-0.2, 0) is 0 Å². The van der Waals surface area contributed by atoms with Crippen molar-refractivity contribution in [3.05, 3.63) is 84.2 Å². The molecular formula is C28H30N4S. The first kappa shape index (κ1) is 21.5. The fraction of sp³-hybridized carbons (Fsp3) is 0.250. The number of thiazole rings is 1. The number of nitrogens with zero attached hydrogens (tertiary/aromatic N) is 3. The van der Waals surface area contributed by atoms with Crippen molar-refractivity contribution >= 4 is 39.2 Å². The molecule has 0 atom stereocenters. The molecule has 4 aromatic rings. The number of benzene rings is 3. The van der Waals surface area contributed by atoms with Gasteiger partial charge in [0.05, 0.1) is 5.69 Å². The molecule has 1 saturated heterocycles. The third kappa shape index (κ3) is 4.88. The van der Waals surface area contributed by atoms with Gasteiger partial charge in [-0.05, 0) is 75.2 Å². The summed E-state index contributed by atoms with van der Waals surface area (Å²) in [4.78, 5) is 9.62. The van der Waals surface area contributed by atoms with Crippen LogP contribution in [0.15, 0.2) is 84.2 Å². The summed E-state index contributed by atoms with van der Waals surface area (Å²) in [6.45, 7) is 6.77. The van der Waals surface area contributed by atoms with E-state index in [-0.39, 0.29) is 0 Å². The second kappa shape index (κ2) is 9.67. The maximum atomic E-state index is 4.82. The summed E-state index contributed by atoms with van der Waals surface area (Å²) >= 11 is 1.64. The molecule has 33 heavy (non-hydrogen) atoms. The zero-order chi connectivity index (χ0) is 22.6. The van der Waals surface area contributed by atoms with Crippen LogP contribution in [0, 0.1) is 0 Å². The molecule has 1 fully saturated rings. The third-order valence-corrected chi connectivity index (χ3v) is 6.84. The third-order valence-electron chi connectivity index (χ3n) is 6.09. The van der Waals surface area contributed by atoms with Gasteiger partial charge in [0.2, 0.25) is 0 Å². The van der Waals surface area contributed by atoms with Gasteiger partial charge < -0.3 is 15.1 Å². The van der Waals surface area contributed by atoms with Gasteiger partial charge in [-0.2, -0.15) is 0 Å². The van der Waals surface area contributed by atoms with Crippen LogP contribution in [-0.4, -0.2) is 24.1 Å². The van der Waals surface area contributed by atoms with Crippen LogP contribution in [0.25, 0.3) is 11.3 Å². The van der Waals surface area contributed by atoms with E-state index in [9.17, 15) is 0 Å². The van der Waals surface area contributed by atoms with Crippen LogP contribution in [0.4, 0.5) is 27.9 Å². The zero-order valence-corrected chi connectivity index (χ0v) is 20.1. The Morgan fingerprint density at radius 3 is 2.18 bits per heavy atom. The Morgan fingerprint density at radius 2 is 1.52 bits per heavy atom. The molecule has 1 N–H and O–H groups in total. The Bertz CT molecular complexity index is 1160.